The Morgan fingerprint density at radius 2 is 1.66 bits per heavy atom. The maximum Gasteiger partial charge on any atom is 0.253 e. The number of hydrogen-bond acceptors (Lipinski definition) is 3. The van der Waals surface area contributed by atoms with Gasteiger partial charge in [0.25, 0.3) is 5.91 Å². The minimum atomic E-state index is -0.183. The average Bonchev–Trinajstić information content (AvgIpc) is 2.78. The van der Waals surface area contributed by atoms with Crippen molar-refractivity contribution in [3.63, 3.8) is 0 Å². The Bertz CT molecular complexity index is 863. The summed E-state index contributed by atoms with van der Waals surface area (Å²) in [6, 6.07) is 17.0. The first-order chi connectivity index (χ1) is 14.1. The Morgan fingerprint density at radius 1 is 1.00 bits per heavy atom. The molecule has 152 valence electrons. The number of carbonyl (C=O) groups is 2. The van der Waals surface area contributed by atoms with E-state index in [0.717, 1.165) is 31.2 Å². The zero-order valence-corrected chi connectivity index (χ0v) is 17.5. The maximum absolute atomic E-state index is 12.8. The van der Waals surface area contributed by atoms with Gasteiger partial charge in [-0.1, -0.05) is 61.7 Å². The third-order valence-electron chi connectivity index (χ3n) is 5.32. The highest BCUT2D eigenvalue weighted by molar-refractivity contribution is 7.80. The van der Waals surface area contributed by atoms with Gasteiger partial charge in [0.05, 0.1) is 11.3 Å². The molecular weight excluding hydrogens is 382 g/mol. The fraction of sp³-hybridized carbons (Fsp3) is 0.348. The molecular formula is C23H27N3O2S. The normalized spacial score (nSPS) is 14.1. The summed E-state index contributed by atoms with van der Waals surface area (Å²) < 4.78 is 0. The number of nitrogens with one attached hydrogen (secondary N) is 2. The van der Waals surface area contributed by atoms with E-state index in [9.17, 15) is 9.59 Å². The number of carbonyl (C=O) groups excluding carboxylic acids is 2. The van der Waals surface area contributed by atoms with E-state index in [2.05, 4.69) is 10.6 Å². The summed E-state index contributed by atoms with van der Waals surface area (Å²) in [4.78, 5) is 27.0. The fourth-order valence-corrected chi connectivity index (χ4v) is 3.80. The van der Waals surface area contributed by atoms with E-state index in [0.29, 0.717) is 22.9 Å². The number of hydrogen-bond donors (Lipinski definition) is 2. The van der Waals surface area contributed by atoms with Gasteiger partial charge in [-0.05, 0) is 42.8 Å². The van der Waals surface area contributed by atoms with Crippen molar-refractivity contribution in [2.75, 3.05) is 11.9 Å². The molecule has 0 atom stereocenters. The molecule has 2 aromatic rings. The molecule has 0 saturated heterocycles. The average molecular weight is 410 g/mol. The number of para-hydroxylation sites is 1. The number of thiocarbonyl (C=S) groups is 1. The third kappa shape index (κ3) is 5.64. The molecule has 5 nitrogen and oxygen atoms in total. The topological polar surface area (TPSA) is 61.4 Å². The minimum absolute atomic E-state index is 0.0208. The Kier molecular flexibility index (Phi) is 7.36. The van der Waals surface area contributed by atoms with Crippen LogP contribution in [0.5, 0.6) is 0 Å². The first-order valence-electron chi connectivity index (χ1n) is 10.1. The predicted octanol–water partition coefficient (Wildman–Crippen LogP) is 4.03. The van der Waals surface area contributed by atoms with Gasteiger partial charge in [0.2, 0.25) is 5.91 Å². The van der Waals surface area contributed by atoms with Crippen molar-refractivity contribution in [1.29, 1.82) is 0 Å². The van der Waals surface area contributed by atoms with E-state index < -0.39 is 0 Å². The molecule has 29 heavy (non-hydrogen) atoms. The number of amides is 2. The second-order valence-electron chi connectivity index (χ2n) is 7.37. The van der Waals surface area contributed by atoms with E-state index in [1.165, 1.54) is 6.42 Å². The molecule has 1 fully saturated rings. The van der Waals surface area contributed by atoms with Gasteiger partial charge < -0.3 is 15.5 Å². The van der Waals surface area contributed by atoms with Crippen molar-refractivity contribution in [3.05, 3.63) is 65.7 Å². The van der Waals surface area contributed by atoms with Crippen molar-refractivity contribution in [1.82, 2.24) is 10.6 Å². The molecule has 0 aromatic heterocycles. The van der Waals surface area contributed by atoms with Gasteiger partial charge in [0.15, 0.2) is 5.11 Å². The number of benzene rings is 2. The molecule has 0 radical (unpaired) electrons. The van der Waals surface area contributed by atoms with Crippen LogP contribution in [-0.2, 0) is 11.3 Å². The van der Waals surface area contributed by atoms with Crippen LogP contribution >= 0.6 is 12.2 Å². The molecule has 2 N–H and O–H groups in total. The number of anilines is 1. The lowest BCUT2D eigenvalue weighted by Crippen LogP contribution is -2.44. The molecule has 1 saturated carbocycles. The van der Waals surface area contributed by atoms with Crippen LogP contribution in [-0.4, -0.2) is 24.0 Å². The molecule has 6 heteroatoms. The highest BCUT2D eigenvalue weighted by Gasteiger charge is 2.23. The van der Waals surface area contributed by atoms with Gasteiger partial charge in [0, 0.05) is 19.5 Å². The van der Waals surface area contributed by atoms with E-state index in [-0.39, 0.29) is 17.7 Å². The van der Waals surface area contributed by atoms with Crippen LogP contribution < -0.4 is 15.5 Å². The SMILES string of the molecule is CN(C(=S)NC(=O)C1CCCCC1)c1ccccc1C(=O)NCc1ccccc1. The standard InChI is InChI=1S/C23H27N3O2S/c1-26(23(29)25-21(27)18-12-6-3-7-13-18)20-15-9-8-14-19(20)22(28)24-16-17-10-4-2-5-11-17/h2,4-5,8-11,14-15,18H,3,6-7,12-13,16H2,1H3,(H,24,28)(H,25,27,29). The van der Waals surface area contributed by atoms with Gasteiger partial charge in [-0.15, -0.1) is 0 Å². The number of rotatable bonds is 5. The Balaban J connectivity index is 1.65. The summed E-state index contributed by atoms with van der Waals surface area (Å²) in [6.45, 7) is 0.445. The van der Waals surface area contributed by atoms with E-state index in [1.807, 2.05) is 48.5 Å². The second kappa shape index (κ2) is 10.2. The lowest BCUT2D eigenvalue weighted by atomic mass is 9.89. The van der Waals surface area contributed by atoms with E-state index in [1.54, 1.807) is 18.0 Å². The molecule has 0 aliphatic heterocycles. The maximum atomic E-state index is 12.8. The first kappa shape index (κ1) is 21.0. The van der Waals surface area contributed by atoms with Gasteiger partial charge in [-0.25, -0.2) is 0 Å². The van der Waals surface area contributed by atoms with E-state index in [4.69, 9.17) is 12.2 Å². The highest BCUT2D eigenvalue weighted by Crippen LogP contribution is 2.24. The van der Waals surface area contributed by atoms with Gasteiger partial charge >= 0.3 is 0 Å². The first-order valence-corrected chi connectivity index (χ1v) is 10.5. The summed E-state index contributed by atoms with van der Waals surface area (Å²) in [5.74, 6) is -0.176. The molecule has 2 amide bonds. The van der Waals surface area contributed by atoms with Gasteiger partial charge in [-0.3, -0.25) is 9.59 Å². The smallest absolute Gasteiger partial charge is 0.253 e. The van der Waals surface area contributed by atoms with Crippen LogP contribution in [0.25, 0.3) is 0 Å². The summed E-state index contributed by atoms with van der Waals surface area (Å²) >= 11 is 5.45. The van der Waals surface area contributed by atoms with Crippen molar-refractivity contribution in [2.24, 2.45) is 5.92 Å². The predicted molar refractivity (Wildman–Crippen MR) is 120 cm³/mol. The Labute approximate surface area is 177 Å². The van der Waals surface area contributed by atoms with Crippen LogP contribution in [0.15, 0.2) is 54.6 Å². The fourth-order valence-electron chi connectivity index (χ4n) is 3.60. The highest BCUT2D eigenvalue weighted by atomic mass is 32.1. The zero-order valence-electron chi connectivity index (χ0n) is 16.7. The molecule has 0 heterocycles. The Morgan fingerprint density at radius 3 is 2.38 bits per heavy atom. The summed E-state index contributed by atoms with van der Waals surface area (Å²) in [5, 5.41) is 6.11. The Hall–Kier alpha value is -2.73. The van der Waals surface area contributed by atoms with Crippen LogP contribution in [0.3, 0.4) is 0 Å². The molecule has 0 unspecified atom stereocenters. The van der Waals surface area contributed by atoms with Crippen LogP contribution in [0, 0.1) is 5.92 Å². The molecule has 0 spiro atoms. The minimum Gasteiger partial charge on any atom is -0.348 e. The van der Waals surface area contributed by atoms with E-state index >= 15 is 0 Å². The monoisotopic (exact) mass is 409 g/mol. The largest absolute Gasteiger partial charge is 0.348 e. The summed E-state index contributed by atoms with van der Waals surface area (Å²) in [7, 11) is 1.77. The lowest BCUT2D eigenvalue weighted by Gasteiger charge is -2.26. The van der Waals surface area contributed by atoms with Crippen LogP contribution in [0.2, 0.25) is 0 Å². The lowest BCUT2D eigenvalue weighted by molar-refractivity contribution is -0.124. The van der Waals surface area contributed by atoms with Crippen molar-refractivity contribution < 1.29 is 9.59 Å². The molecule has 2 aromatic carbocycles. The molecule has 1 aliphatic rings. The van der Waals surface area contributed by atoms with Crippen molar-refractivity contribution in [2.45, 2.75) is 38.6 Å². The molecule has 0 bridgehead atoms. The molecule has 3 rings (SSSR count). The van der Waals surface area contributed by atoms with Gasteiger partial charge in [-0.2, -0.15) is 0 Å². The molecule has 1 aliphatic carbocycles. The summed E-state index contributed by atoms with van der Waals surface area (Å²) in [5.41, 5.74) is 2.20. The summed E-state index contributed by atoms with van der Waals surface area (Å²) in [6.07, 6.45) is 5.20. The van der Waals surface area contributed by atoms with Crippen molar-refractivity contribution in [3.8, 4) is 0 Å². The van der Waals surface area contributed by atoms with Gasteiger partial charge in [0.1, 0.15) is 0 Å². The van der Waals surface area contributed by atoms with Crippen molar-refractivity contribution >= 4 is 34.8 Å². The van der Waals surface area contributed by atoms with Crippen LogP contribution in [0.1, 0.15) is 48.0 Å². The number of nitrogens with zero attached hydrogens (tertiary/aromatic N) is 1. The van der Waals surface area contributed by atoms with Crippen LogP contribution in [0.4, 0.5) is 5.69 Å². The zero-order chi connectivity index (χ0) is 20.6. The quantitative estimate of drug-likeness (QED) is 0.732. The second-order valence-corrected chi connectivity index (χ2v) is 7.76. The third-order valence-corrected chi connectivity index (χ3v) is 5.69.